The van der Waals surface area contributed by atoms with E-state index in [4.69, 9.17) is 0 Å². The molecule has 3 aromatic rings. The smallest absolute Gasteiger partial charge is 0.240 e. The van der Waals surface area contributed by atoms with Crippen molar-refractivity contribution in [1.82, 2.24) is 15.6 Å². The predicted octanol–water partition coefficient (Wildman–Crippen LogP) is 5.00. The van der Waals surface area contributed by atoms with Gasteiger partial charge < -0.3 is 15.6 Å². The zero-order valence-corrected chi connectivity index (χ0v) is 17.9. The number of rotatable bonds is 5. The van der Waals surface area contributed by atoms with Gasteiger partial charge in [0.05, 0.1) is 16.7 Å². The second kappa shape index (κ2) is 7.96. The van der Waals surface area contributed by atoms with Gasteiger partial charge in [0.15, 0.2) is 0 Å². The Balaban J connectivity index is 1.37. The lowest BCUT2D eigenvalue weighted by Crippen LogP contribution is -2.52. The number of H-pyrrole nitrogens is 1. The van der Waals surface area contributed by atoms with Crippen molar-refractivity contribution in [1.29, 1.82) is 0 Å². The summed E-state index contributed by atoms with van der Waals surface area (Å²) < 4.78 is 42.0. The van der Waals surface area contributed by atoms with Gasteiger partial charge in [-0.1, -0.05) is 0 Å². The van der Waals surface area contributed by atoms with Crippen LogP contribution in [0.4, 0.5) is 13.2 Å². The van der Waals surface area contributed by atoms with Gasteiger partial charge in [-0.25, -0.2) is 13.2 Å². The van der Waals surface area contributed by atoms with Crippen molar-refractivity contribution in [3.63, 3.8) is 0 Å². The number of carbonyl (C=O) groups is 1. The van der Waals surface area contributed by atoms with E-state index in [1.165, 1.54) is 18.2 Å². The number of hydrogen-bond donors (Lipinski definition) is 3. The molecule has 1 saturated heterocycles. The van der Waals surface area contributed by atoms with Crippen LogP contribution >= 0.6 is 0 Å². The first kappa shape index (κ1) is 21.1. The van der Waals surface area contributed by atoms with E-state index in [2.05, 4.69) is 15.6 Å². The molecular formula is C25H26F3N3O. The van der Waals surface area contributed by atoms with Crippen molar-refractivity contribution in [3.8, 4) is 11.3 Å². The number of carbonyl (C=O) groups excluding carboxylic acids is 1. The molecule has 1 amide bonds. The topological polar surface area (TPSA) is 56.9 Å². The Morgan fingerprint density at radius 2 is 1.88 bits per heavy atom. The lowest BCUT2D eigenvalue weighted by Gasteiger charge is -2.37. The molecule has 0 unspecified atom stereocenters. The van der Waals surface area contributed by atoms with Crippen molar-refractivity contribution in [2.24, 2.45) is 5.92 Å². The minimum atomic E-state index is -0.643. The molecular weight excluding hydrogens is 415 g/mol. The quantitative estimate of drug-likeness (QED) is 0.522. The summed E-state index contributed by atoms with van der Waals surface area (Å²) >= 11 is 0. The summed E-state index contributed by atoms with van der Waals surface area (Å²) in [6, 6.07) is 8.23. The number of amides is 1. The fraction of sp³-hybridized carbons (Fsp3) is 0.400. The maximum atomic E-state index is 14.5. The van der Waals surface area contributed by atoms with E-state index >= 15 is 0 Å². The Labute approximate surface area is 184 Å². The summed E-state index contributed by atoms with van der Waals surface area (Å²) in [5.41, 5.74) is 2.05. The Morgan fingerprint density at radius 1 is 1.12 bits per heavy atom. The summed E-state index contributed by atoms with van der Waals surface area (Å²) in [6.07, 6.45) is 3.45. The van der Waals surface area contributed by atoms with Crippen molar-refractivity contribution in [2.45, 2.75) is 44.1 Å². The lowest BCUT2D eigenvalue weighted by molar-refractivity contribution is -0.126. The van der Waals surface area contributed by atoms with E-state index in [-0.39, 0.29) is 23.2 Å². The summed E-state index contributed by atoms with van der Waals surface area (Å²) in [6.45, 7) is 3.38. The van der Waals surface area contributed by atoms with Gasteiger partial charge in [-0.15, -0.1) is 0 Å². The zero-order valence-electron chi connectivity index (χ0n) is 17.9. The normalized spacial score (nSPS) is 25.1. The molecule has 0 spiro atoms. The molecule has 2 aromatic carbocycles. The van der Waals surface area contributed by atoms with Crippen molar-refractivity contribution in [2.75, 3.05) is 13.1 Å². The van der Waals surface area contributed by atoms with E-state index in [1.807, 2.05) is 6.92 Å². The maximum absolute atomic E-state index is 14.5. The van der Waals surface area contributed by atoms with Gasteiger partial charge in [0, 0.05) is 18.0 Å². The number of benzene rings is 2. The average molecular weight is 441 g/mol. The van der Waals surface area contributed by atoms with Gasteiger partial charge in [0.2, 0.25) is 5.91 Å². The zero-order chi connectivity index (χ0) is 22.5. The molecule has 1 aliphatic carbocycles. The molecule has 32 heavy (non-hydrogen) atoms. The van der Waals surface area contributed by atoms with E-state index in [0.717, 1.165) is 49.4 Å². The first-order valence-corrected chi connectivity index (χ1v) is 11.1. The van der Waals surface area contributed by atoms with E-state index in [0.29, 0.717) is 23.5 Å². The van der Waals surface area contributed by atoms with Crippen LogP contribution < -0.4 is 10.6 Å². The number of nitrogens with one attached hydrogen (secondary N) is 3. The molecule has 1 aromatic heterocycles. The number of fused-ring (bicyclic) bond motifs is 1. The van der Waals surface area contributed by atoms with Gasteiger partial charge in [0.25, 0.3) is 0 Å². The third-order valence-corrected chi connectivity index (χ3v) is 7.06. The molecule has 2 aliphatic rings. The molecule has 1 aliphatic heterocycles. The van der Waals surface area contributed by atoms with Crippen LogP contribution in [0.3, 0.4) is 0 Å². The Hall–Kier alpha value is -2.80. The standard InChI is InChI=1S/C25H26F3N3O/c1-25(7-2-8-30-25)24(32)29-13-14-9-16(10-14)21-19-11-18(27)12-20(28)23(19)31-22(21)15-3-5-17(26)6-4-15/h3-6,11-12,14,16,30-31H,2,7-10,13H2,1H3,(H,29,32)/t14-,16-,25-/m0/s1. The lowest BCUT2D eigenvalue weighted by atomic mass is 9.70. The summed E-state index contributed by atoms with van der Waals surface area (Å²) in [5, 5.41) is 6.86. The highest BCUT2D eigenvalue weighted by atomic mass is 19.1. The van der Waals surface area contributed by atoms with Crippen LogP contribution in [0.5, 0.6) is 0 Å². The Bertz CT molecular complexity index is 1160. The van der Waals surface area contributed by atoms with Crippen LogP contribution in [0, 0.1) is 23.4 Å². The van der Waals surface area contributed by atoms with Crippen molar-refractivity contribution in [3.05, 3.63) is 59.4 Å². The molecule has 4 nitrogen and oxygen atoms in total. The summed E-state index contributed by atoms with van der Waals surface area (Å²) in [5.74, 6) is -1.18. The van der Waals surface area contributed by atoms with Gasteiger partial charge in [-0.05, 0) is 92.4 Å². The highest BCUT2D eigenvalue weighted by molar-refractivity contribution is 5.92. The summed E-state index contributed by atoms with van der Waals surface area (Å²) in [7, 11) is 0. The van der Waals surface area contributed by atoms with Gasteiger partial charge in [0.1, 0.15) is 17.5 Å². The molecule has 2 fully saturated rings. The molecule has 0 radical (unpaired) electrons. The summed E-state index contributed by atoms with van der Waals surface area (Å²) in [4.78, 5) is 15.7. The SMILES string of the molecule is C[C@@]1(C(=O)NC[C@H]2C[C@H](c3c(-c4ccc(F)cc4)[nH]c4c(F)cc(F)cc43)C2)CCCN1. The molecule has 2 heterocycles. The Kier molecular flexibility index (Phi) is 5.24. The van der Waals surface area contributed by atoms with E-state index < -0.39 is 17.2 Å². The van der Waals surface area contributed by atoms with Crippen LogP contribution in [-0.4, -0.2) is 29.5 Å². The highest BCUT2D eigenvalue weighted by Crippen LogP contribution is 2.48. The number of aromatic amines is 1. The van der Waals surface area contributed by atoms with Gasteiger partial charge in [-0.2, -0.15) is 0 Å². The van der Waals surface area contributed by atoms with Crippen molar-refractivity contribution < 1.29 is 18.0 Å². The second-order valence-corrected chi connectivity index (χ2v) is 9.34. The molecule has 3 N–H and O–H groups in total. The highest BCUT2D eigenvalue weighted by Gasteiger charge is 2.38. The number of hydrogen-bond acceptors (Lipinski definition) is 2. The van der Waals surface area contributed by atoms with E-state index in [9.17, 15) is 18.0 Å². The van der Waals surface area contributed by atoms with Gasteiger partial charge >= 0.3 is 0 Å². The van der Waals surface area contributed by atoms with Crippen LogP contribution in [0.25, 0.3) is 22.2 Å². The third kappa shape index (κ3) is 3.68. The van der Waals surface area contributed by atoms with Crippen molar-refractivity contribution >= 4 is 16.8 Å². The first-order valence-electron chi connectivity index (χ1n) is 11.1. The Morgan fingerprint density at radius 3 is 2.56 bits per heavy atom. The fourth-order valence-electron chi connectivity index (χ4n) is 5.17. The molecule has 0 bridgehead atoms. The van der Waals surface area contributed by atoms with Gasteiger partial charge in [-0.3, -0.25) is 4.79 Å². The monoisotopic (exact) mass is 441 g/mol. The first-order chi connectivity index (χ1) is 15.3. The minimum absolute atomic E-state index is 0.0293. The third-order valence-electron chi connectivity index (χ3n) is 7.06. The maximum Gasteiger partial charge on any atom is 0.240 e. The molecule has 1 saturated carbocycles. The van der Waals surface area contributed by atoms with Crippen LogP contribution in [0.2, 0.25) is 0 Å². The fourth-order valence-corrected chi connectivity index (χ4v) is 5.17. The number of halogens is 3. The average Bonchev–Trinajstić information content (AvgIpc) is 3.33. The molecule has 168 valence electrons. The molecule has 1 atom stereocenters. The van der Waals surface area contributed by atoms with Crippen LogP contribution in [0.1, 0.15) is 44.1 Å². The second-order valence-electron chi connectivity index (χ2n) is 9.34. The van der Waals surface area contributed by atoms with Crippen LogP contribution in [0.15, 0.2) is 36.4 Å². The largest absolute Gasteiger partial charge is 0.354 e. The van der Waals surface area contributed by atoms with E-state index in [1.54, 1.807) is 12.1 Å². The minimum Gasteiger partial charge on any atom is -0.354 e. The van der Waals surface area contributed by atoms with Crippen LogP contribution in [-0.2, 0) is 4.79 Å². The molecule has 7 heteroatoms. The number of aromatic nitrogens is 1. The molecule has 5 rings (SSSR count). The predicted molar refractivity (Wildman–Crippen MR) is 118 cm³/mol.